The van der Waals surface area contributed by atoms with Gasteiger partial charge in [0.1, 0.15) is 6.33 Å². The minimum atomic E-state index is 0.698. The molecule has 0 saturated heterocycles. The largest absolute Gasteiger partial charge is 0.310 e. The molecule has 1 heterocycles. The van der Waals surface area contributed by atoms with Crippen molar-refractivity contribution in [2.45, 2.75) is 35.5 Å². The van der Waals surface area contributed by atoms with E-state index in [1.165, 1.54) is 24.7 Å². The summed E-state index contributed by atoms with van der Waals surface area (Å²) in [7, 11) is 0. The van der Waals surface area contributed by atoms with E-state index >= 15 is 0 Å². The third kappa shape index (κ3) is 3.04. The molecule has 18 heavy (non-hydrogen) atoms. The Morgan fingerprint density at radius 3 is 3.06 bits per heavy atom. The van der Waals surface area contributed by atoms with E-state index < -0.39 is 0 Å². The van der Waals surface area contributed by atoms with Crippen LogP contribution in [0.2, 0.25) is 5.02 Å². The highest BCUT2D eigenvalue weighted by Crippen LogP contribution is 2.30. The van der Waals surface area contributed by atoms with Gasteiger partial charge in [0.15, 0.2) is 5.16 Å². The fourth-order valence-electron chi connectivity index (χ4n) is 1.66. The quantitative estimate of drug-likeness (QED) is 0.884. The van der Waals surface area contributed by atoms with Crippen LogP contribution in [0.25, 0.3) is 0 Å². The van der Waals surface area contributed by atoms with Crippen LogP contribution in [-0.2, 0) is 6.54 Å². The second-order valence-electron chi connectivity index (χ2n) is 4.30. The van der Waals surface area contributed by atoms with Crippen LogP contribution in [0.5, 0.6) is 0 Å². The van der Waals surface area contributed by atoms with Crippen LogP contribution in [0.3, 0.4) is 0 Å². The molecule has 1 aliphatic carbocycles. The Labute approximate surface area is 115 Å². The molecule has 0 bridgehead atoms. The first-order valence-electron chi connectivity index (χ1n) is 5.86. The Bertz CT molecular complexity index is 525. The number of rotatable bonds is 5. The van der Waals surface area contributed by atoms with Gasteiger partial charge in [-0.25, -0.2) is 4.98 Å². The molecule has 0 spiro atoms. The standard InChI is InChI=1S/C12H13ClN4S/c13-9-2-1-8(6-14-10-3-4-10)11(5-9)18-12-15-7-16-17-12/h1-2,5,7,10,14H,3-4,6H2,(H,15,16,17). The van der Waals surface area contributed by atoms with Crippen LogP contribution in [0, 0.1) is 0 Å². The highest BCUT2D eigenvalue weighted by molar-refractivity contribution is 7.99. The molecule has 94 valence electrons. The normalized spacial score (nSPS) is 14.9. The van der Waals surface area contributed by atoms with Gasteiger partial charge in [0.05, 0.1) is 0 Å². The molecule has 4 nitrogen and oxygen atoms in total. The first-order valence-corrected chi connectivity index (χ1v) is 7.06. The molecular weight excluding hydrogens is 268 g/mol. The maximum Gasteiger partial charge on any atom is 0.188 e. The first kappa shape index (κ1) is 12.0. The zero-order valence-electron chi connectivity index (χ0n) is 9.69. The molecule has 1 saturated carbocycles. The molecule has 2 N–H and O–H groups in total. The molecule has 0 unspecified atom stereocenters. The van der Waals surface area contributed by atoms with Gasteiger partial charge in [-0.15, -0.1) is 0 Å². The van der Waals surface area contributed by atoms with Crippen molar-refractivity contribution >= 4 is 23.4 Å². The number of halogens is 1. The van der Waals surface area contributed by atoms with Crippen molar-refractivity contribution in [3.63, 3.8) is 0 Å². The summed E-state index contributed by atoms with van der Waals surface area (Å²) in [6, 6.07) is 6.66. The summed E-state index contributed by atoms with van der Waals surface area (Å²) < 4.78 is 0. The molecule has 6 heteroatoms. The van der Waals surface area contributed by atoms with E-state index in [1.54, 1.807) is 11.8 Å². The zero-order valence-corrected chi connectivity index (χ0v) is 11.3. The van der Waals surface area contributed by atoms with Gasteiger partial charge in [-0.3, -0.25) is 5.10 Å². The lowest BCUT2D eigenvalue weighted by molar-refractivity contribution is 0.680. The minimum absolute atomic E-state index is 0.698. The number of benzene rings is 1. The number of nitrogens with one attached hydrogen (secondary N) is 2. The summed E-state index contributed by atoms with van der Waals surface area (Å²) in [5, 5.41) is 11.7. The van der Waals surface area contributed by atoms with Gasteiger partial charge in [0, 0.05) is 22.5 Å². The van der Waals surface area contributed by atoms with Crippen molar-refractivity contribution in [2.75, 3.05) is 0 Å². The van der Waals surface area contributed by atoms with Gasteiger partial charge in [0.2, 0.25) is 0 Å². The maximum atomic E-state index is 6.05. The topological polar surface area (TPSA) is 53.6 Å². The average molecular weight is 281 g/mol. The van der Waals surface area contributed by atoms with Crippen molar-refractivity contribution in [1.29, 1.82) is 0 Å². The van der Waals surface area contributed by atoms with Crippen molar-refractivity contribution in [1.82, 2.24) is 20.5 Å². The fraction of sp³-hybridized carbons (Fsp3) is 0.333. The maximum absolute atomic E-state index is 6.05. The van der Waals surface area contributed by atoms with E-state index in [2.05, 4.69) is 26.6 Å². The van der Waals surface area contributed by atoms with E-state index in [-0.39, 0.29) is 0 Å². The van der Waals surface area contributed by atoms with Crippen molar-refractivity contribution in [2.24, 2.45) is 0 Å². The zero-order chi connectivity index (χ0) is 12.4. The third-order valence-corrected chi connectivity index (χ3v) is 4.01. The summed E-state index contributed by atoms with van der Waals surface area (Å²) in [5.41, 5.74) is 1.24. The van der Waals surface area contributed by atoms with Crippen LogP contribution in [0.1, 0.15) is 18.4 Å². The second-order valence-corrected chi connectivity index (χ2v) is 5.77. The lowest BCUT2D eigenvalue weighted by Gasteiger charge is -2.09. The SMILES string of the molecule is Clc1ccc(CNC2CC2)c(Sc2ncn[nH]2)c1. The average Bonchev–Trinajstić information content (AvgIpc) is 3.05. The van der Waals surface area contributed by atoms with E-state index in [9.17, 15) is 0 Å². The summed E-state index contributed by atoms with van der Waals surface area (Å²) in [6.45, 7) is 0.873. The minimum Gasteiger partial charge on any atom is -0.310 e. The summed E-state index contributed by atoms with van der Waals surface area (Å²) in [4.78, 5) is 5.24. The van der Waals surface area contributed by atoms with Crippen LogP contribution < -0.4 is 5.32 Å². The highest BCUT2D eigenvalue weighted by Gasteiger charge is 2.20. The fourth-order valence-corrected chi connectivity index (χ4v) is 2.76. The molecular formula is C12H13ClN4S. The Morgan fingerprint density at radius 1 is 1.44 bits per heavy atom. The lowest BCUT2D eigenvalue weighted by Crippen LogP contribution is -2.15. The Hall–Kier alpha value is -1.04. The van der Waals surface area contributed by atoms with Crippen LogP contribution >= 0.6 is 23.4 Å². The first-order chi connectivity index (χ1) is 8.81. The summed E-state index contributed by atoms with van der Waals surface area (Å²) in [5.74, 6) is 0. The molecule has 1 fully saturated rings. The molecule has 3 rings (SSSR count). The summed E-state index contributed by atoms with van der Waals surface area (Å²) in [6.07, 6.45) is 4.09. The summed E-state index contributed by atoms with van der Waals surface area (Å²) >= 11 is 7.61. The van der Waals surface area contributed by atoms with E-state index in [0.29, 0.717) is 6.04 Å². The van der Waals surface area contributed by atoms with E-state index in [4.69, 9.17) is 11.6 Å². The smallest absolute Gasteiger partial charge is 0.188 e. The monoisotopic (exact) mass is 280 g/mol. The van der Waals surface area contributed by atoms with Crippen molar-refractivity contribution < 1.29 is 0 Å². The van der Waals surface area contributed by atoms with Gasteiger partial charge in [0.25, 0.3) is 0 Å². The van der Waals surface area contributed by atoms with Gasteiger partial charge in [-0.1, -0.05) is 17.7 Å². The molecule has 1 aromatic heterocycles. The predicted molar refractivity (Wildman–Crippen MR) is 71.8 cm³/mol. The Morgan fingerprint density at radius 2 is 2.33 bits per heavy atom. The van der Waals surface area contributed by atoms with Gasteiger partial charge < -0.3 is 5.32 Å². The van der Waals surface area contributed by atoms with E-state index in [0.717, 1.165) is 21.6 Å². The molecule has 0 atom stereocenters. The molecule has 0 aliphatic heterocycles. The van der Waals surface area contributed by atoms with E-state index in [1.807, 2.05) is 12.1 Å². The van der Waals surface area contributed by atoms with Gasteiger partial charge in [-0.05, 0) is 42.3 Å². The van der Waals surface area contributed by atoms with Crippen molar-refractivity contribution in [3.05, 3.63) is 35.1 Å². The molecule has 0 amide bonds. The number of nitrogens with zero attached hydrogens (tertiary/aromatic N) is 2. The van der Waals surface area contributed by atoms with Gasteiger partial charge in [-0.2, -0.15) is 5.10 Å². The van der Waals surface area contributed by atoms with Crippen LogP contribution in [0.15, 0.2) is 34.6 Å². The van der Waals surface area contributed by atoms with Gasteiger partial charge >= 0.3 is 0 Å². The number of hydrogen-bond acceptors (Lipinski definition) is 4. The predicted octanol–water partition coefficient (Wildman–Crippen LogP) is 2.86. The van der Waals surface area contributed by atoms with Crippen LogP contribution in [0.4, 0.5) is 0 Å². The number of hydrogen-bond donors (Lipinski definition) is 2. The van der Waals surface area contributed by atoms with Crippen LogP contribution in [-0.4, -0.2) is 21.2 Å². The lowest BCUT2D eigenvalue weighted by atomic mass is 10.2. The number of aromatic amines is 1. The van der Waals surface area contributed by atoms with Crippen molar-refractivity contribution in [3.8, 4) is 0 Å². The Balaban J connectivity index is 1.78. The second kappa shape index (κ2) is 5.30. The molecule has 2 aromatic rings. The molecule has 0 radical (unpaired) electrons. The number of H-pyrrole nitrogens is 1. The Kier molecular flexibility index (Phi) is 3.54. The molecule has 1 aromatic carbocycles. The molecule has 1 aliphatic rings. The highest BCUT2D eigenvalue weighted by atomic mass is 35.5. The number of aromatic nitrogens is 3. The third-order valence-electron chi connectivity index (χ3n) is 2.79.